The van der Waals surface area contributed by atoms with Gasteiger partial charge < -0.3 is 28.4 Å². The van der Waals surface area contributed by atoms with E-state index in [-0.39, 0.29) is 12.8 Å². The number of benzene rings is 2. The molecule has 3 aliphatic heterocycles. The summed E-state index contributed by atoms with van der Waals surface area (Å²) in [6.07, 6.45) is 0.138. The molecule has 10 heteroatoms. The van der Waals surface area contributed by atoms with Crippen molar-refractivity contribution in [1.29, 1.82) is 0 Å². The number of thiocarbonyl (C=S) groups is 1. The van der Waals surface area contributed by atoms with E-state index in [1.165, 1.54) is 14.2 Å². The third kappa shape index (κ3) is 3.21. The molecule has 0 N–H and O–H groups in total. The first-order valence-corrected chi connectivity index (χ1v) is 11.2. The maximum Gasteiger partial charge on any atom is 0.343 e. The lowest BCUT2D eigenvalue weighted by Crippen LogP contribution is -2.37. The lowest BCUT2D eigenvalue weighted by Gasteiger charge is -2.39. The second kappa shape index (κ2) is 8.79. The number of hydrogen-bond acceptors (Lipinski definition) is 10. The van der Waals surface area contributed by atoms with Crippen molar-refractivity contribution in [1.82, 2.24) is 4.90 Å². The van der Waals surface area contributed by atoms with Crippen LogP contribution in [0.1, 0.15) is 44.8 Å². The van der Waals surface area contributed by atoms with Crippen molar-refractivity contribution in [2.75, 3.05) is 41.7 Å². The van der Waals surface area contributed by atoms with Crippen molar-refractivity contribution in [3.63, 3.8) is 0 Å². The number of fused-ring (bicyclic) bond motifs is 3. The quantitative estimate of drug-likeness (QED) is 0.347. The summed E-state index contributed by atoms with van der Waals surface area (Å²) in [6, 6.07) is 3.30. The van der Waals surface area contributed by atoms with Crippen molar-refractivity contribution in [3.8, 4) is 28.7 Å². The molecule has 5 rings (SSSR count). The Bertz CT molecular complexity index is 1220. The Balaban J connectivity index is 1.73. The number of aliphatic imine (C=N–C) groups is 1. The third-order valence-electron chi connectivity index (χ3n) is 6.63. The molecule has 2 atom stereocenters. The predicted molar refractivity (Wildman–Crippen MR) is 125 cm³/mol. The molecule has 0 unspecified atom stereocenters. The molecule has 0 aromatic heterocycles. The predicted octanol–water partition coefficient (Wildman–Crippen LogP) is 3.48. The van der Waals surface area contributed by atoms with Crippen LogP contribution in [0.4, 0.5) is 0 Å². The van der Waals surface area contributed by atoms with E-state index in [9.17, 15) is 4.79 Å². The zero-order chi connectivity index (χ0) is 24.0. The minimum absolute atomic E-state index is 0.0850. The zero-order valence-corrected chi connectivity index (χ0v) is 20.1. The molecule has 0 fully saturated rings. The summed E-state index contributed by atoms with van der Waals surface area (Å²) in [5.41, 5.74) is 3.90. The number of nitrogens with zero attached hydrogens (tertiary/aromatic N) is 2. The Morgan fingerprint density at radius 3 is 2.62 bits per heavy atom. The molecule has 9 nitrogen and oxygen atoms in total. The molecule has 0 radical (unpaired) electrons. The first-order chi connectivity index (χ1) is 16.5. The Morgan fingerprint density at radius 2 is 1.91 bits per heavy atom. The Morgan fingerprint density at radius 1 is 1.15 bits per heavy atom. The number of ether oxygens (including phenoxy) is 6. The molecular formula is C24H24N2O7S. The Kier molecular flexibility index (Phi) is 5.81. The van der Waals surface area contributed by atoms with Crippen LogP contribution in [0, 0.1) is 0 Å². The summed E-state index contributed by atoms with van der Waals surface area (Å²) < 4.78 is 34.4. The van der Waals surface area contributed by atoms with Crippen molar-refractivity contribution in [2.45, 2.75) is 25.1 Å². The van der Waals surface area contributed by atoms with Gasteiger partial charge in [0.15, 0.2) is 23.0 Å². The van der Waals surface area contributed by atoms with Crippen LogP contribution in [0.2, 0.25) is 0 Å². The topological polar surface area (TPSA) is 88.1 Å². The average molecular weight is 485 g/mol. The summed E-state index contributed by atoms with van der Waals surface area (Å²) in [7, 11) is 6.64. The van der Waals surface area contributed by atoms with Gasteiger partial charge in [-0.2, -0.15) is 0 Å². The fourth-order valence-electron chi connectivity index (χ4n) is 5.20. The van der Waals surface area contributed by atoms with Gasteiger partial charge in [-0.05, 0) is 37.3 Å². The number of hydrogen-bond donors (Lipinski definition) is 0. The highest BCUT2D eigenvalue weighted by atomic mass is 32.1. The fraction of sp³-hybridized carbons (Fsp3) is 0.417. The lowest BCUT2D eigenvalue weighted by molar-refractivity contribution is 0.00869. The maximum atomic E-state index is 13.0. The maximum absolute atomic E-state index is 13.0. The van der Waals surface area contributed by atoms with Gasteiger partial charge in [-0.25, -0.2) is 9.79 Å². The normalized spacial score (nSPS) is 20.2. The van der Waals surface area contributed by atoms with Crippen molar-refractivity contribution in [2.24, 2.45) is 4.99 Å². The molecule has 178 valence electrons. The van der Waals surface area contributed by atoms with Crippen LogP contribution >= 0.6 is 12.2 Å². The van der Waals surface area contributed by atoms with E-state index in [1.807, 2.05) is 13.1 Å². The second-order valence-corrected chi connectivity index (χ2v) is 8.33. The highest BCUT2D eigenvalue weighted by molar-refractivity contribution is 7.78. The van der Waals surface area contributed by atoms with E-state index < -0.39 is 12.1 Å². The largest absolute Gasteiger partial charge is 0.493 e. The summed E-state index contributed by atoms with van der Waals surface area (Å²) in [5, 5.41) is 2.44. The van der Waals surface area contributed by atoms with E-state index in [2.05, 4.69) is 15.1 Å². The number of carbonyl (C=O) groups excluding carboxylic acids is 1. The molecule has 0 saturated carbocycles. The van der Waals surface area contributed by atoms with Gasteiger partial charge in [-0.3, -0.25) is 4.90 Å². The van der Waals surface area contributed by atoms with Gasteiger partial charge in [0.2, 0.25) is 12.5 Å². The molecule has 0 amide bonds. The fourth-order valence-corrected chi connectivity index (χ4v) is 5.27. The Labute approximate surface area is 202 Å². The number of likely N-dealkylation sites (N-methyl/N-ethyl adjacent to an activating group) is 1. The van der Waals surface area contributed by atoms with Crippen molar-refractivity contribution in [3.05, 3.63) is 39.9 Å². The SMILES string of the molecule is COc1ccc2c(c1OC)C(=O)O[C@@H]2[C@H]1c2c(c(CN=C=S)c3c(c2OC)OCO3)CCN1C. The minimum atomic E-state index is -0.595. The van der Waals surface area contributed by atoms with Crippen LogP contribution in [-0.2, 0) is 17.7 Å². The van der Waals surface area contributed by atoms with Gasteiger partial charge in [0.25, 0.3) is 0 Å². The van der Waals surface area contributed by atoms with Crippen LogP contribution in [-0.4, -0.2) is 57.7 Å². The molecule has 34 heavy (non-hydrogen) atoms. The monoisotopic (exact) mass is 484 g/mol. The standard InChI is InChI=1S/C24H24N2O7S/c1-26-8-7-12-14(9-25-10-34)20-23(32-11-31-20)22(30-4)16(12)18(26)19-13-5-6-15(28-2)21(29-3)17(13)24(27)33-19/h5-6,18-19H,7-9,11H2,1-4H3/t18-,19+/m1/s1. The number of rotatable bonds is 6. The van der Waals surface area contributed by atoms with Crippen LogP contribution < -0.4 is 23.7 Å². The first-order valence-electron chi connectivity index (χ1n) is 10.8. The molecule has 0 aliphatic carbocycles. The van der Waals surface area contributed by atoms with Gasteiger partial charge in [0.1, 0.15) is 11.7 Å². The van der Waals surface area contributed by atoms with Gasteiger partial charge in [-0.15, -0.1) is 0 Å². The Hall–Kier alpha value is -3.33. The zero-order valence-electron chi connectivity index (χ0n) is 19.3. The smallest absolute Gasteiger partial charge is 0.343 e. The van der Waals surface area contributed by atoms with E-state index in [0.29, 0.717) is 40.9 Å². The number of carbonyl (C=O) groups is 1. The highest BCUT2D eigenvalue weighted by Gasteiger charge is 2.47. The van der Waals surface area contributed by atoms with Gasteiger partial charge in [0.05, 0.1) is 39.1 Å². The van der Waals surface area contributed by atoms with Gasteiger partial charge in [-0.1, -0.05) is 6.07 Å². The molecule has 2 aromatic carbocycles. The van der Waals surface area contributed by atoms with Gasteiger partial charge >= 0.3 is 5.97 Å². The van der Waals surface area contributed by atoms with Crippen molar-refractivity contribution >= 4 is 23.3 Å². The van der Waals surface area contributed by atoms with E-state index in [1.54, 1.807) is 13.2 Å². The molecule has 2 aromatic rings. The minimum Gasteiger partial charge on any atom is -0.493 e. The summed E-state index contributed by atoms with van der Waals surface area (Å²) in [4.78, 5) is 19.4. The molecule has 0 bridgehead atoms. The number of esters is 1. The molecule has 3 aliphatic rings. The summed E-state index contributed by atoms with van der Waals surface area (Å²) >= 11 is 4.81. The summed E-state index contributed by atoms with van der Waals surface area (Å²) in [6.45, 7) is 1.12. The van der Waals surface area contributed by atoms with Crippen molar-refractivity contribution < 1.29 is 33.2 Å². The molecule has 0 spiro atoms. The van der Waals surface area contributed by atoms with E-state index in [4.69, 9.17) is 40.6 Å². The van der Waals surface area contributed by atoms with Crippen LogP contribution in [0.5, 0.6) is 28.7 Å². The van der Waals surface area contributed by atoms with Gasteiger partial charge in [0, 0.05) is 23.2 Å². The molecule has 0 saturated heterocycles. The average Bonchev–Trinajstić information content (AvgIpc) is 3.46. The number of isothiocyanates is 1. The lowest BCUT2D eigenvalue weighted by atomic mass is 9.83. The second-order valence-electron chi connectivity index (χ2n) is 8.14. The third-order valence-corrected chi connectivity index (χ3v) is 6.76. The molecule has 3 heterocycles. The summed E-state index contributed by atoms with van der Waals surface area (Å²) in [5.74, 6) is 2.08. The van der Waals surface area contributed by atoms with Crippen LogP contribution in [0.15, 0.2) is 17.1 Å². The van der Waals surface area contributed by atoms with Crippen LogP contribution in [0.25, 0.3) is 0 Å². The first kappa shape index (κ1) is 22.5. The number of methoxy groups -OCH3 is 3. The van der Waals surface area contributed by atoms with Crippen LogP contribution in [0.3, 0.4) is 0 Å². The highest BCUT2D eigenvalue weighted by Crippen LogP contribution is 2.56. The number of cyclic esters (lactones) is 1. The molecular weight excluding hydrogens is 460 g/mol. The van der Waals surface area contributed by atoms with E-state index >= 15 is 0 Å². The van der Waals surface area contributed by atoms with E-state index in [0.717, 1.165) is 35.2 Å².